The summed E-state index contributed by atoms with van der Waals surface area (Å²) in [4.78, 5) is 4.81. The largest absolute Gasteiger partial charge is 0.365 e. The van der Waals surface area contributed by atoms with E-state index in [1.165, 1.54) is 62.3 Å². The van der Waals surface area contributed by atoms with Gasteiger partial charge in [0.05, 0.1) is 0 Å². The van der Waals surface area contributed by atoms with Gasteiger partial charge in [-0.3, -0.25) is 4.99 Å². The molecule has 1 aliphatic carbocycles. The van der Waals surface area contributed by atoms with Gasteiger partial charge < -0.3 is 5.32 Å². The van der Waals surface area contributed by atoms with Crippen molar-refractivity contribution >= 4 is 16.9 Å². The summed E-state index contributed by atoms with van der Waals surface area (Å²) in [5.41, 5.74) is 0.561. The second kappa shape index (κ2) is 7.56. The van der Waals surface area contributed by atoms with Crippen LogP contribution >= 0.6 is 11.8 Å². The highest BCUT2D eigenvalue weighted by Crippen LogP contribution is 2.41. The minimum atomic E-state index is 0.561. The van der Waals surface area contributed by atoms with Crippen LogP contribution in [-0.2, 0) is 0 Å². The smallest absolute Gasteiger partial charge is 0.156 e. The van der Waals surface area contributed by atoms with Gasteiger partial charge in [0.15, 0.2) is 5.17 Å². The van der Waals surface area contributed by atoms with Gasteiger partial charge in [0, 0.05) is 18.8 Å². The van der Waals surface area contributed by atoms with E-state index in [1.807, 2.05) is 11.8 Å². The van der Waals surface area contributed by atoms with Crippen molar-refractivity contribution in [1.29, 1.82) is 0 Å². The van der Waals surface area contributed by atoms with Gasteiger partial charge in [-0.15, -0.1) is 0 Å². The first kappa shape index (κ1) is 15.2. The highest BCUT2D eigenvalue weighted by Gasteiger charge is 2.34. The van der Waals surface area contributed by atoms with Crippen LogP contribution in [0.3, 0.4) is 0 Å². The maximum absolute atomic E-state index is 4.81. The fraction of sp³-hybridized carbons (Fsp3) is 0.938. The zero-order chi connectivity index (χ0) is 13.6. The van der Waals surface area contributed by atoms with Crippen LogP contribution in [0.4, 0.5) is 0 Å². The van der Waals surface area contributed by atoms with E-state index in [1.54, 1.807) is 0 Å². The van der Waals surface area contributed by atoms with Crippen LogP contribution in [0.2, 0.25) is 0 Å². The summed E-state index contributed by atoms with van der Waals surface area (Å²) in [6.07, 6.45) is 11.1. The Hall–Kier alpha value is -0.180. The van der Waals surface area contributed by atoms with Gasteiger partial charge in [-0.1, -0.05) is 57.7 Å². The normalized spacial score (nSPS) is 22.6. The Labute approximate surface area is 123 Å². The molecular weight excluding hydrogens is 252 g/mol. The van der Waals surface area contributed by atoms with Crippen molar-refractivity contribution in [3.63, 3.8) is 0 Å². The van der Waals surface area contributed by atoms with Gasteiger partial charge in [-0.2, -0.15) is 0 Å². The van der Waals surface area contributed by atoms with Gasteiger partial charge in [0.1, 0.15) is 0 Å². The third kappa shape index (κ3) is 5.02. The molecule has 0 aromatic carbocycles. The number of hydrogen-bond acceptors (Lipinski definition) is 3. The first-order chi connectivity index (χ1) is 9.20. The van der Waals surface area contributed by atoms with E-state index in [9.17, 15) is 0 Å². The van der Waals surface area contributed by atoms with E-state index < -0.39 is 0 Å². The zero-order valence-electron chi connectivity index (χ0n) is 12.7. The lowest BCUT2D eigenvalue weighted by molar-refractivity contribution is 0.232. The molecule has 0 bridgehead atoms. The van der Waals surface area contributed by atoms with Crippen LogP contribution < -0.4 is 5.32 Å². The van der Waals surface area contributed by atoms with E-state index in [2.05, 4.69) is 19.2 Å². The Morgan fingerprint density at radius 3 is 2.63 bits per heavy atom. The van der Waals surface area contributed by atoms with Gasteiger partial charge in [0.2, 0.25) is 0 Å². The lowest BCUT2D eigenvalue weighted by atomic mass is 9.75. The van der Waals surface area contributed by atoms with Crippen molar-refractivity contribution in [2.75, 3.05) is 18.8 Å². The Bertz CT molecular complexity index is 293. The lowest BCUT2D eigenvalue weighted by Crippen LogP contribution is -2.37. The number of rotatable bonds is 5. The predicted molar refractivity (Wildman–Crippen MR) is 87.0 cm³/mol. The summed E-state index contributed by atoms with van der Waals surface area (Å²) < 4.78 is 0. The first-order valence-electron chi connectivity index (χ1n) is 8.11. The van der Waals surface area contributed by atoms with Crippen molar-refractivity contribution in [2.24, 2.45) is 16.3 Å². The highest BCUT2D eigenvalue weighted by molar-refractivity contribution is 8.13. The predicted octanol–water partition coefficient (Wildman–Crippen LogP) is 4.46. The molecule has 0 atom stereocenters. The van der Waals surface area contributed by atoms with Crippen LogP contribution in [0.1, 0.15) is 65.2 Å². The van der Waals surface area contributed by atoms with Gasteiger partial charge in [-0.25, -0.2) is 0 Å². The summed E-state index contributed by atoms with van der Waals surface area (Å²) in [6, 6.07) is 0. The van der Waals surface area contributed by atoms with Crippen molar-refractivity contribution < 1.29 is 0 Å². The van der Waals surface area contributed by atoms with Gasteiger partial charge >= 0.3 is 0 Å². The molecule has 0 aromatic rings. The van der Waals surface area contributed by atoms with E-state index >= 15 is 0 Å². The third-order valence-electron chi connectivity index (χ3n) is 4.47. The topological polar surface area (TPSA) is 24.4 Å². The SMILES string of the molecule is CC(C)CCCCNC1=NCC2(CCCCC2)CS1. The Morgan fingerprint density at radius 1 is 1.21 bits per heavy atom. The summed E-state index contributed by atoms with van der Waals surface area (Å²) in [7, 11) is 0. The maximum atomic E-state index is 4.81. The number of aliphatic imine (C=N–C) groups is 1. The fourth-order valence-corrected chi connectivity index (χ4v) is 4.32. The molecule has 1 spiro atoms. The van der Waals surface area contributed by atoms with Crippen LogP contribution in [0.15, 0.2) is 4.99 Å². The van der Waals surface area contributed by atoms with Gasteiger partial charge in [0.25, 0.3) is 0 Å². The second-order valence-corrected chi connectivity index (χ2v) is 7.75. The minimum Gasteiger partial charge on any atom is -0.365 e. The summed E-state index contributed by atoms with van der Waals surface area (Å²) in [5.74, 6) is 2.14. The Morgan fingerprint density at radius 2 is 2.00 bits per heavy atom. The highest BCUT2D eigenvalue weighted by atomic mass is 32.2. The maximum Gasteiger partial charge on any atom is 0.156 e. The van der Waals surface area contributed by atoms with Crippen molar-refractivity contribution in [3.05, 3.63) is 0 Å². The van der Waals surface area contributed by atoms with Crippen molar-refractivity contribution in [3.8, 4) is 0 Å². The summed E-state index contributed by atoms with van der Waals surface area (Å²) in [6.45, 7) is 6.79. The number of nitrogens with one attached hydrogen (secondary N) is 1. The number of amidine groups is 1. The summed E-state index contributed by atoms with van der Waals surface area (Å²) >= 11 is 1.97. The van der Waals surface area contributed by atoms with E-state index in [-0.39, 0.29) is 0 Å². The number of unbranched alkanes of at least 4 members (excludes halogenated alkanes) is 1. The van der Waals surface area contributed by atoms with E-state index in [0.717, 1.165) is 19.0 Å². The van der Waals surface area contributed by atoms with Crippen LogP contribution in [0, 0.1) is 11.3 Å². The molecule has 0 saturated heterocycles. The molecule has 110 valence electrons. The lowest BCUT2D eigenvalue weighted by Gasteiger charge is -2.38. The molecule has 1 N–H and O–H groups in total. The number of nitrogens with zero attached hydrogens (tertiary/aromatic N) is 1. The molecule has 19 heavy (non-hydrogen) atoms. The monoisotopic (exact) mass is 282 g/mol. The van der Waals surface area contributed by atoms with E-state index in [0.29, 0.717) is 5.41 Å². The zero-order valence-corrected chi connectivity index (χ0v) is 13.5. The molecule has 0 amide bonds. The third-order valence-corrected chi connectivity index (χ3v) is 5.78. The number of thioether (sulfide) groups is 1. The molecular formula is C16H30N2S. The van der Waals surface area contributed by atoms with Crippen molar-refractivity contribution in [2.45, 2.75) is 65.2 Å². The second-order valence-electron chi connectivity index (χ2n) is 6.79. The molecule has 0 unspecified atom stereocenters. The molecule has 2 nitrogen and oxygen atoms in total. The molecule has 1 aliphatic heterocycles. The Kier molecular flexibility index (Phi) is 6.06. The first-order valence-corrected chi connectivity index (χ1v) is 9.10. The van der Waals surface area contributed by atoms with Crippen LogP contribution in [0.25, 0.3) is 0 Å². The average molecular weight is 282 g/mol. The molecule has 2 aliphatic rings. The quantitative estimate of drug-likeness (QED) is 0.753. The summed E-state index contributed by atoms with van der Waals surface area (Å²) in [5, 5.41) is 4.74. The molecule has 1 fully saturated rings. The molecule has 2 rings (SSSR count). The van der Waals surface area contributed by atoms with Gasteiger partial charge in [-0.05, 0) is 30.6 Å². The standard InChI is InChI=1S/C16H30N2S/c1-14(2)8-4-7-11-17-15-18-12-16(13-19-15)9-5-3-6-10-16/h14H,3-13H2,1-2H3,(H,17,18). The molecule has 1 heterocycles. The molecule has 0 aromatic heterocycles. The Balaban J connectivity index is 1.63. The van der Waals surface area contributed by atoms with Crippen molar-refractivity contribution in [1.82, 2.24) is 5.32 Å². The average Bonchev–Trinajstić information content (AvgIpc) is 2.41. The number of hydrogen-bond donors (Lipinski definition) is 1. The molecule has 0 radical (unpaired) electrons. The minimum absolute atomic E-state index is 0.561. The van der Waals surface area contributed by atoms with E-state index in [4.69, 9.17) is 4.99 Å². The van der Waals surface area contributed by atoms with Crippen LogP contribution in [0.5, 0.6) is 0 Å². The molecule has 1 saturated carbocycles. The fourth-order valence-electron chi connectivity index (χ4n) is 3.14. The molecule has 3 heteroatoms. The van der Waals surface area contributed by atoms with Crippen LogP contribution in [-0.4, -0.2) is 24.0 Å².